The van der Waals surface area contributed by atoms with Crippen molar-refractivity contribution in [1.82, 2.24) is 10.6 Å². The van der Waals surface area contributed by atoms with Crippen molar-refractivity contribution in [3.05, 3.63) is 29.8 Å². The molecule has 0 saturated carbocycles. The van der Waals surface area contributed by atoms with Gasteiger partial charge in [-0.25, -0.2) is 4.79 Å². The summed E-state index contributed by atoms with van der Waals surface area (Å²) in [6, 6.07) is 3.95. The molecule has 0 fully saturated rings. The van der Waals surface area contributed by atoms with Crippen LogP contribution < -0.4 is 21.1 Å². The number of carboxylic acids is 2. The van der Waals surface area contributed by atoms with Gasteiger partial charge >= 0.3 is 11.9 Å². The molecule has 11 heteroatoms. The van der Waals surface area contributed by atoms with Crippen LogP contribution in [0, 0.1) is 11.3 Å². The standard InChI is InChI=1S/C21H30N4O7/c1-3-12(2)18(21(30)31)25-20(29)15(11-17(27)28)24-16(26)5-4-10-32-14-8-6-13(7-9-14)19(22)23/h6-9,12,15,18H,3-5,10-11H2,1-2H3,(H3,22,23)(H,24,26)(H,25,29)(H,27,28)(H,30,31)/t12-,15-,18-/m0/s1. The van der Waals surface area contributed by atoms with E-state index >= 15 is 0 Å². The minimum absolute atomic E-state index is 0.0251. The number of nitrogens with two attached hydrogens (primary N) is 1. The second kappa shape index (κ2) is 12.9. The monoisotopic (exact) mass is 450 g/mol. The lowest BCUT2D eigenvalue weighted by Gasteiger charge is -2.23. The number of aliphatic carboxylic acids is 2. The summed E-state index contributed by atoms with van der Waals surface area (Å²) >= 11 is 0. The van der Waals surface area contributed by atoms with Crippen LogP contribution in [0.25, 0.3) is 0 Å². The largest absolute Gasteiger partial charge is 0.494 e. The molecule has 0 bridgehead atoms. The van der Waals surface area contributed by atoms with Crippen molar-refractivity contribution in [3.8, 4) is 5.75 Å². The summed E-state index contributed by atoms with van der Waals surface area (Å²) in [5, 5.41) is 30.3. The van der Waals surface area contributed by atoms with Crippen LogP contribution in [-0.4, -0.2) is 58.5 Å². The molecule has 176 valence electrons. The number of amidine groups is 1. The van der Waals surface area contributed by atoms with Gasteiger partial charge in [0.15, 0.2) is 0 Å². The van der Waals surface area contributed by atoms with Crippen LogP contribution in [0.1, 0.15) is 45.1 Å². The Morgan fingerprint density at radius 2 is 1.75 bits per heavy atom. The molecule has 32 heavy (non-hydrogen) atoms. The number of carbonyl (C=O) groups is 4. The second-order valence-electron chi connectivity index (χ2n) is 7.32. The number of hydrogen-bond acceptors (Lipinski definition) is 6. The van der Waals surface area contributed by atoms with E-state index < -0.39 is 42.3 Å². The number of carbonyl (C=O) groups excluding carboxylic acids is 2. The minimum Gasteiger partial charge on any atom is -0.494 e. The predicted octanol–water partition coefficient (Wildman–Crippen LogP) is 0.705. The fraction of sp³-hybridized carbons (Fsp3) is 0.476. The van der Waals surface area contributed by atoms with Crippen molar-refractivity contribution < 1.29 is 34.1 Å². The van der Waals surface area contributed by atoms with Gasteiger partial charge in [0.25, 0.3) is 0 Å². The van der Waals surface area contributed by atoms with E-state index in [1.54, 1.807) is 38.1 Å². The summed E-state index contributed by atoms with van der Waals surface area (Å²) in [6.07, 6.45) is 0.0864. The smallest absolute Gasteiger partial charge is 0.326 e. The molecule has 0 aliphatic rings. The number of hydrogen-bond donors (Lipinski definition) is 6. The molecule has 7 N–H and O–H groups in total. The molecule has 0 aliphatic carbocycles. The molecule has 0 aliphatic heterocycles. The number of benzene rings is 1. The molecule has 1 rings (SSSR count). The van der Waals surface area contributed by atoms with Crippen molar-refractivity contribution in [1.29, 1.82) is 5.41 Å². The summed E-state index contributed by atoms with van der Waals surface area (Å²) in [5.74, 6) is -3.87. The zero-order valence-electron chi connectivity index (χ0n) is 18.1. The van der Waals surface area contributed by atoms with Crippen molar-refractivity contribution in [2.24, 2.45) is 11.7 Å². The molecule has 1 aromatic carbocycles. The first-order valence-electron chi connectivity index (χ1n) is 10.2. The number of carboxylic acid groups (broad SMARTS) is 2. The lowest BCUT2D eigenvalue weighted by Crippen LogP contribution is -2.54. The first-order valence-corrected chi connectivity index (χ1v) is 10.2. The lowest BCUT2D eigenvalue weighted by atomic mass is 9.98. The Morgan fingerprint density at radius 3 is 2.25 bits per heavy atom. The topological polar surface area (TPSA) is 192 Å². The molecule has 0 aromatic heterocycles. The van der Waals surface area contributed by atoms with Gasteiger partial charge in [-0.1, -0.05) is 20.3 Å². The minimum atomic E-state index is -1.40. The molecule has 1 aromatic rings. The molecular formula is C21H30N4O7. The molecule has 0 spiro atoms. The second-order valence-corrected chi connectivity index (χ2v) is 7.32. The van der Waals surface area contributed by atoms with Crippen molar-refractivity contribution in [2.75, 3.05) is 6.61 Å². The van der Waals surface area contributed by atoms with E-state index in [0.29, 0.717) is 24.2 Å². The van der Waals surface area contributed by atoms with Crippen LogP contribution >= 0.6 is 0 Å². The highest BCUT2D eigenvalue weighted by Crippen LogP contribution is 2.12. The van der Waals surface area contributed by atoms with E-state index in [4.69, 9.17) is 21.0 Å². The van der Waals surface area contributed by atoms with Gasteiger partial charge in [0.1, 0.15) is 23.7 Å². The molecular weight excluding hydrogens is 420 g/mol. The number of nitrogens with one attached hydrogen (secondary N) is 3. The maximum atomic E-state index is 12.4. The van der Waals surface area contributed by atoms with Gasteiger partial charge in [-0.3, -0.25) is 19.8 Å². The maximum Gasteiger partial charge on any atom is 0.326 e. The van der Waals surface area contributed by atoms with E-state index in [0.717, 1.165) is 0 Å². The zero-order chi connectivity index (χ0) is 24.3. The van der Waals surface area contributed by atoms with Gasteiger partial charge in [-0.2, -0.15) is 0 Å². The SMILES string of the molecule is CC[C@H](C)[C@H](NC(=O)[C@H](CC(=O)O)NC(=O)CCCOc1ccc(C(=N)N)cc1)C(=O)O. The quantitative estimate of drug-likeness (QED) is 0.135. The average Bonchev–Trinajstić information content (AvgIpc) is 2.73. The number of nitrogen functional groups attached to an aromatic ring is 1. The molecule has 2 amide bonds. The van der Waals surface area contributed by atoms with Crippen LogP contribution in [0.4, 0.5) is 0 Å². The van der Waals surface area contributed by atoms with E-state index in [2.05, 4.69) is 10.6 Å². The predicted molar refractivity (Wildman–Crippen MR) is 115 cm³/mol. The fourth-order valence-corrected chi connectivity index (χ4v) is 2.74. The highest BCUT2D eigenvalue weighted by Gasteiger charge is 2.30. The molecule has 11 nitrogen and oxygen atoms in total. The highest BCUT2D eigenvalue weighted by atomic mass is 16.5. The fourth-order valence-electron chi connectivity index (χ4n) is 2.74. The normalized spacial score (nSPS) is 13.3. The Labute approximate surface area is 185 Å². The zero-order valence-corrected chi connectivity index (χ0v) is 18.1. The van der Waals surface area contributed by atoms with Crippen LogP contribution in [0.2, 0.25) is 0 Å². The van der Waals surface area contributed by atoms with Gasteiger partial charge in [-0.05, 0) is 36.6 Å². The van der Waals surface area contributed by atoms with Crippen LogP contribution in [-0.2, 0) is 19.2 Å². The first kappa shape index (κ1) is 26.4. The highest BCUT2D eigenvalue weighted by molar-refractivity contribution is 5.95. The lowest BCUT2D eigenvalue weighted by molar-refractivity contribution is -0.144. The summed E-state index contributed by atoms with van der Waals surface area (Å²) in [4.78, 5) is 47.1. The molecule has 3 atom stereocenters. The maximum absolute atomic E-state index is 12.4. The van der Waals surface area contributed by atoms with Gasteiger partial charge in [0, 0.05) is 12.0 Å². The Hall–Kier alpha value is -3.63. The average molecular weight is 450 g/mol. The molecule has 0 unspecified atom stereocenters. The summed E-state index contributed by atoms with van der Waals surface area (Å²) in [7, 11) is 0. The van der Waals surface area contributed by atoms with Gasteiger partial charge in [0.2, 0.25) is 11.8 Å². The Kier molecular flexibility index (Phi) is 10.7. The van der Waals surface area contributed by atoms with Gasteiger partial charge in [-0.15, -0.1) is 0 Å². The molecule has 0 heterocycles. The Balaban J connectivity index is 2.58. The molecule has 0 saturated heterocycles. The third-order valence-electron chi connectivity index (χ3n) is 4.79. The summed E-state index contributed by atoms with van der Waals surface area (Å²) < 4.78 is 5.50. The van der Waals surface area contributed by atoms with Crippen LogP contribution in [0.3, 0.4) is 0 Å². The van der Waals surface area contributed by atoms with Crippen molar-refractivity contribution in [3.63, 3.8) is 0 Å². The third kappa shape index (κ3) is 9.02. The van der Waals surface area contributed by atoms with Crippen molar-refractivity contribution in [2.45, 2.75) is 51.6 Å². The van der Waals surface area contributed by atoms with Crippen LogP contribution in [0.15, 0.2) is 24.3 Å². The van der Waals surface area contributed by atoms with E-state index in [1.807, 2.05) is 0 Å². The number of rotatable bonds is 14. The van der Waals surface area contributed by atoms with Crippen molar-refractivity contribution >= 4 is 29.6 Å². The van der Waals surface area contributed by atoms with Gasteiger partial charge < -0.3 is 31.3 Å². The summed E-state index contributed by atoms with van der Waals surface area (Å²) in [5.41, 5.74) is 5.93. The summed E-state index contributed by atoms with van der Waals surface area (Å²) in [6.45, 7) is 3.61. The number of amides is 2. The first-order chi connectivity index (χ1) is 15.0. The van der Waals surface area contributed by atoms with E-state index in [9.17, 15) is 24.3 Å². The third-order valence-corrected chi connectivity index (χ3v) is 4.79. The van der Waals surface area contributed by atoms with Gasteiger partial charge in [0.05, 0.1) is 13.0 Å². The van der Waals surface area contributed by atoms with Crippen LogP contribution in [0.5, 0.6) is 5.75 Å². The van der Waals surface area contributed by atoms with E-state index in [1.165, 1.54) is 0 Å². The van der Waals surface area contributed by atoms with E-state index in [-0.39, 0.29) is 24.8 Å². The Bertz CT molecular complexity index is 826. The Morgan fingerprint density at radius 1 is 1.12 bits per heavy atom. The number of ether oxygens (including phenoxy) is 1. The molecule has 0 radical (unpaired) electrons.